The molecular formula is C8H10O4S. The van der Waals surface area contributed by atoms with Crippen LogP contribution in [-0.2, 0) is 14.6 Å². The highest BCUT2D eigenvalue weighted by molar-refractivity contribution is 7.92. The Balaban J connectivity index is 2.80. The minimum absolute atomic E-state index is 0.131. The van der Waals surface area contributed by atoms with Crippen LogP contribution in [0.5, 0.6) is 0 Å². The van der Waals surface area contributed by atoms with Crippen LogP contribution < -0.4 is 0 Å². The van der Waals surface area contributed by atoms with E-state index in [9.17, 15) is 13.2 Å². The Morgan fingerprint density at radius 2 is 2.08 bits per heavy atom. The van der Waals surface area contributed by atoms with Crippen molar-refractivity contribution in [2.24, 2.45) is 0 Å². The summed E-state index contributed by atoms with van der Waals surface area (Å²) in [6, 6.07) is 0. The number of hydrogen-bond donors (Lipinski definition) is 1. The Kier molecular flexibility index (Phi) is 2.94. The Labute approximate surface area is 76.9 Å². The number of hydrogen-bond acceptors (Lipinski definition) is 3. The third-order valence-electron chi connectivity index (χ3n) is 1.92. The normalized spacial score (nSPS) is 25.7. The van der Waals surface area contributed by atoms with Gasteiger partial charge in [0.1, 0.15) is 5.25 Å². The zero-order valence-electron chi connectivity index (χ0n) is 6.99. The Morgan fingerprint density at radius 3 is 2.62 bits per heavy atom. The molecule has 0 aromatic heterocycles. The lowest BCUT2D eigenvalue weighted by atomic mass is 10.2. The van der Waals surface area contributed by atoms with Gasteiger partial charge in [-0.25, -0.2) is 13.2 Å². The van der Waals surface area contributed by atoms with Crippen molar-refractivity contribution in [3.8, 4) is 11.8 Å². The van der Waals surface area contributed by atoms with E-state index in [1.165, 1.54) is 0 Å². The molecule has 1 N–H and O–H groups in total. The number of carbonyl (C=O) groups is 1. The molecule has 0 radical (unpaired) electrons. The SMILES string of the molecule is O=C(O)C#CC1CCCCS1(=O)=O. The molecule has 0 aromatic carbocycles. The molecule has 0 bridgehead atoms. The van der Waals surface area contributed by atoms with Crippen LogP contribution in [-0.4, -0.2) is 30.5 Å². The predicted molar refractivity (Wildman–Crippen MR) is 46.8 cm³/mol. The standard InChI is InChI=1S/C8H10O4S/c9-8(10)5-4-7-3-1-2-6-13(7,11)12/h7H,1-3,6H2,(H,9,10). The van der Waals surface area contributed by atoms with Crippen molar-refractivity contribution in [2.75, 3.05) is 5.75 Å². The number of carboxylic acids is 1. The molecule has 13 heavy (non-hydrogen) atoms. The molecule has 1 unspecified atom stereocenters. The van der Waals surface area contributed by atoms with Gasteiger partial charge in [-0.15, -0.1) is 0 Å². The van der Waals surface area contributed by atoms with Gasteiger partial charge in [0.15, 0.2) is 9.84 Å². The molecule has 72 valence electrons. The molecule has 4 nitrogen and oxygen atoms in total. The molecule has 1 aliphatic heterocycles. The summed E-state index contributed by atoms with van der Waals surface area (Å²) in [6.07, 6.45) is 1.92. The van der Waals surface area contributed by atoms with Crippen molar-refractivity contribution >= 4 is 15.8 Å². The zero-order valence-corrected chi connectivity index (χ0v) is 7.80. The summed E-state index contributed by atoms with van der Waals surface area (Å²) >= 11 is 0. The van der Waals surface area contributed by atoms with Gasteiger partial charge in [-0.05, 0) is 12.8 Å². The molecule has 0 aliphatic carbocycles. The maximum Gasteiger partial charge on any atom is 0.381 e. The van der Waals surface area contributed by atoms with Crippen LogP contribution in [0.2, 0.25) is 0 Å². The smallest absolute Gasteiger partial charge is 0.381 e. The monoisotopic (exact) mass is 202 g/mol. The summed E-state index contributed by atoms with van der Waals surface area (Å²) in [4.78, 5) is 10.1. The van der Waals surface area contributed by atoms with Crippen LogP contribution in [0.4, 0.5) is 0 Å². The summed E-state index contributed by atoms with van der Waals surface area (Å²) in [5.74, 6) is 2.99. The second kappa shape index (κ2) is 3.79. The lowest BCUT2D eigenvalue weighted by Gasteiger charge is -2.16. The molecule has 1 aliphatic rings. The van der Waals surface area contributed by atoms with Crippen molar-refractivity contribution in [3.63, 3.8) is 0 Å². The third kappa shape index (κ3) is 2.74. The largest absolute Gasteiger partial charge is 0.472 e. The molecule has 1 saturated heterocycles. The van der Waals surface area contributed by atoms with Crippen LogP contribution in [0, 0.1) is 11.8 Å². The highest BCUT2D eigenvalue weighted by Gasteiger charge is 2.26. The Morgan fingerprint density at radius 1 is 1.38 bits per heavy atom. The van der Waals surface area contributed by atoms with E-state index in [1.54, 1.807) is 0 Å². The summed E-state index contributed by atoms with van der Waals surface area (Å²) in [5, 5.41) is 7.48. The highest BCUT2D eigenvalue weighted by atomic mass is 32.2. The van der Waals surface area contributed by atoms with E-state index >= 15 is 0 Å². The van der Waals surface area contributed by atoms with E-state index < -0.39 is 21.1 Å². The van der Waals surface area contributed by atoms with E-state index in [-0.39, 0.29) is 5.75 Å². The first-order valence-corrected chi connectivity index (χ1v) is 5.70. The van der Waals surface area contributed by atoms with E-state index in [1.807, 2.05) is 5.92 Å². The predicted octanol–water partition coefficient (Wildman–Crippen LogP) is 0.0417. The zero-order chi connectivity index (χ0) is 9.90. The summed E-state index contributed by atoms with van der Waals surface area (Å²) in [5.41, 5.74) is 0. The van der Waals surface area contributed by atoms with Gasteiger partial charge in [-0.3, -0.25) is 0 Å². The number of aliphatic carboxylic acids is 1. The molecule has 0 amide bonds. The van der Waals surface area contributed by atoms with Crippen LogP contribution >= 0.6 is 0 Å². The molecule has 1 rings (SSSR count). The first-order valence-electron chi connectivity index (χ1n) is 3.98. The topological polar surface area (TPSA) is 71.4 Å². The molecule has 5 heteroatoms. The maximum atomic E-state index is 11.3. The van der Waals surface area contributed by atoms with Crippen LogP contribution in [0.15, 0.2) is 0 Å². The van der Waals surface area contributed by atoms with Gasteiger partial charge in [0.2, 0.25) is 0 Å². The Hall–Kier alpha value is -1.02. The molecule has 0 aromatic rings. The van der Waals surface area contributed by atoms with Crippen molar-refractivity contribution in [1.29, 1.82) is 0 Å². The fraction of sp³-hybridized carbons (Fsp3) is 0.625. The molecule has 1 atom stereocenters. The first kappa shape index (κ1) is 10.1. The van der Waals surface area contributed by atoms with Gasteiger partial charge in [0.05, 0.1) is 5.75 Å². The van der Waals surface area contributed by atoms with Crippen LogP contribution in [0.1, 0.15) is 19.3 Å². The average Bonchev–Trinajstić information content (AvgIpc) is 2.01. The summed E-state index contributed by atoms with van der Waals surface area (Å²) in [6.45, 7) is 0. The maximum absolute atomic E-state index is 11.3. The van der Waals surface area contributed by atoms with E-state index in [2.05, 4.69) is 5.92 Å². The third-order valence-corrected chi connectivity index (χ3v) is 4.00. The van der Waals surface area contributed by atoms with Gasteiger partial charge in [-0.1, -0.05) is 12.3 Å². The van der Waals surface area contributed by atoms with Crippen molar-refractivity contribution in [3.05, 3.63) is 0 Å². The second-order valence-corrected chi connectivity index (χ2v) is 5.23. The van der Waals surface area contributed by atoms with Gasteiger partial charge >= 0.3 is 5.97 Å². The lowest BCUT2D eigenvalue weighted by molar-refractivity contribution is -0.130. The van der Waals surface area contributed by atoms with E-state index in [0.29, 0.717) is 12.8 Å². The van der Waals surface area contributed by atoms with E-state index in [4.69, 9.17) is 5.11 Å². The minimum Gasteiger partial charge on any atom is -0.472 e. The fourth-order valence-corrected chi connectivity index (χ4v) is 2.91. The first-order chi connectivity index (χ1) is 6.02. The Bertz CT molecular complexity index is 357. The second-order valence-electron chi connectivity index (χ2n) is 2.93. The molecule has 1 heterocycles. The van der Waals surface area contributed by atoms with Crippen molar-refractivity contribution < 1.29 is 18.3 Å². The number of sulfone groups is 1. The van der Waals surface area contributed by atoms with Gasteiger partial charge in [-0.2, -0.15) is 0 Å². The van der Waals surface area contributed by atoms with E-state index in [0.717, 1.165) is 6.42 Å². The van der Waals surface area contributed by atoms with Crippen LogP contribution in [0.25, 0.3) is 0 Å². The highest BCUT2D eigenvalue weighted by Crippen LogP contribution is 2.18. The quantitative estimate of drug-likeness (QED) is 0.563. The van der Waals surface area contributed by atoms with Gasteiger partial charge < -0.3 is 5.11 Å². The van der Waals surface area contributed by atoms with Crippen molar-refractivity contribution in [1.82, 2.24) is 0 Å². The molecular weight excluding hydrogens is 192 g/mol. The lowest BCUT2D eigenvalue weighted by Crippen LogP contribution is -2.27. The average molecular weight is 202 g/mol. The molecule has 0 spiro atoms. The fourth-order valence-electron chi connectivity index (χ4n) is 1.26. The summed E-state index contributed by atoms with van der Waals surface area (Å²) < 4.78 is 22.6. The number of rotatable bonds is 0. The van der Waals surface area contributed by atoms with Gasteiger partial charge in [0, 0.05) is 5.92 Å². The van der Waals surface area contributed by atoms with Crippen LogP contribution in [0.3, 0.4) is 0 Å². The molecule has 1 fully saturated rings. The number of carboxylic acid groups (broad SMARTS) is 1. The minimum atomic E-state index is -3.16. The van der Waals surface area contributed by atoms with Gasteiger partial charge in [0.25, 0.3) is 0 Å². The summed E-state index contributed by atoms with van der Waals surface area (Å²) in [7, 11) is -3.16. The molecule has 0 saturated carbocycles. The van der Waals surface area contributed by atoms with Crippen molar-refractivity contribution in [2.45, 2.75) is 24.5 Å².